The van der Waals surface area contributed by atoms with Crippen LogP contribution in [-0.2, 0) is 4.74 Å². The third kappa shape index (κ3) is 11.5. The quantitative estimate of drug-likeness (QED) is 0.0704. The molecule has 0 N–H and O–H groups in total. The number of hydrogen-bond donors (Lipinski definition) is 0. The lowest BCUT2D eigenvalue weighted by atomic mass is 10.2. The maximum atomic E-state index is 12.2. The fourth-order valence-corrected chi connectivity index (χ4v) is 3.23. The molecule has 0 saturated heterocycles. The molecule has 14 nitrogen and oxygen atoms in total. The third-order valence-electron chi connectivity index (χ3n) is 5.11. The van der Waals surface area contributed by atoms with Crippen LogP contribution in [0.5, 0.6) is 0 Å². The Balaban J connectivity index is 1.85. The van der Waals surface area contributed by atoms with Gasteiger partial charge in [0.15, 0.2) is 0 Å². The normalized spacial score (nSPS) is 10.2. The number of carbonyl (C=O) groups is 1. The number of azide groups is 3. The van der Waals surface area contributed by atoms with E-state index in [1.54, 1.807) is 36.4 Å². The molecule has 0 fully saturated rings. The lowest BCUT2D eigenvalue weighted by Gasteiger charge is -2.23. The van der Waals surface area contributed by atoms with E-state index in [1.807, 2.05) is 17.0 Å². The highest BCUT2D eigenvalue weighted by Gasteiger charge is 2.07. The van der Waals surface area contributed by atoms with E-state index in [2.05, 4.69) is 40.3 Å². The lowest BCUT2D eigenvalue weighted by Crippen LogP contribution is -2.28. The Hall–Kier alpha value is -4.76. The molecule has 0 spiro atoms. The predicted molar refractivity (Wildman–Crippen MR) is 140 cm³/mol. The molecule has 0 heterocycles. The van der Waals surface area contributed by atoms with E-state index in [1.165, 1.54) is 0 Å². The van der Waals surface area contributed by atoms with Crippen molar-refractivity contribution in [2.24, 2.45) is 25.6 Å². The minimum absolute atomic E-state index is 0.290. The van der Waals surface area contributed by atoms with Crippen LogP contribution in [0, 0.1) is 0 Å². The number of ether oxygens (including phenoxy) is 1. The zero-order valence-corrected chi connectivity index (χ0v) is 20.4. The van der Waals surface area contributed by atoms with E-state index in [9.17, 15) is 4.79 Å². The second-order valence-corrected chi connectivity index (χ2v) is 7.66. The largest absolute Gasteiger partial charge is 0.462 e. The van der Waals surface area contributed by atoms with Crippen LogP contribution in [0.2, 0.25) is 0 Å². The topological polar surface area (TPSA) is 201 Å². The Morgan fingerprint density at radius 3 is 1.78 bits per heavy atom. The van der Waals surface area contributed by atoms with Crippen LogP contribution in [0.15, 0.2) is 74.1 Å². The summed E-state index contributed by atoms with van der Waals surface area (Å²) in [4.78, 5) is 22.4. The summed E-state index contributed by atoms with van der Waals surface area (Å²) in [5, 5.41) is 19.0. The van der Waals surface area contributed by atoms with Crippen LogP contribution in [0.4, 0.5) is 17.1 Å². The van der Waals surface area contributed by atoms with Gasteiger partial charge < -0.3 is 9.64 Å². The Kier molecular flexibility index (Phi) is 13.6. The molecule has 0 radical (unpaired) electrons. The highest BCUT2D eigenvalue weighted by molar-refractivity contribution is 5.89. The number of anilines is 1. The average molecular weight is 505 g/mol. The Morgan fingerprint density at radius 2 is 1.22 bits per heavy atom. The van der Waals surface area contributed by atoms with Crippen molar-refractivity contribution >= 4 is 23.0 Å². The molecule has 37 heavy (non-hydrogen) atoms. The average Bonchev–Trinajstić information content (AvgIpc) is 2.93. The van der Waals surface area contributed by atoms with Gasteiger partial charge in [-0.15, -0.1) is 0 Å². The van der Waals surface area contributed by atoms with Gasteiger partial charge in [-0.2, -0.15) is 10.2 Å². The van der Waals surface area contributed by atoms with Crippen molar-refractivity contribution in [2.75, 3.05) is 44.2 Å². The van der Waals surface area contributed by atoms with E-state index in [-0.39, 0.29) is 13.1 Å². The third-order valence-corrected chi connectivity index (χ3v) is 5.11. The number of benzene rings is 2. The zero-order chi connectivity index (χ0) is 26.6. The molecular weight excluding hydrogens is 476 g/mol. The Labute approximate surface area is 213 Å². The van der Waals surface area contributed by atoms with Gasteiger partial charge in [-0.25, -0.2) is 4.79 Å². The molecule has 192 valence electrons. The monoisotopic (exact) mass is 504 g/mol. The van der Waals surface area contributed by atoms with Crippen molar-refractivity contribution in [1.29, 1.82) is 0 Å². The molecule has 0 atom stereocenters. The highest BCUT2D eigenvalue weighted by atomic mass is 16.5. The summed E-state index contributed by atoms with van der Waals surface area (Å²) in [5.74, 6) is -0.390. The molecule has 0 saturated carbocycles. The molecule has 0 aromatic heterocycles. The van der Waals surface area contributed by atoms with Gasteiger partial charge in [0.2, 0.25) is 0 Å². The first-order chi connectivity index (χ1) is 18.2. The molecule has 0 unspecified atom stereocenters. The molecule has 2 aromatic rings. The Morgan fingerprint density at radius 1 is 0.703 bits per heavy atom. The van der Waals surface area contributed by atoms with Crippen molar-refractivity contribution in [3.8, 4) is 0 Å². The highest BCUT2D eigenvalue weighted by Crippen LogP contribution is 2.23. The van der Waals surface area contributed by atoms with Gasteiger partial charge in [-0.05, 0) is 78.0 Å². The Bertz CT molecular complexity index is 1130. The fraction of sp³-hybridized carbons (Fsp3) is 0.435. The number of carbonyl (C=O) groups excluding carboxylic acids is 1. The summed E-state index contributed by atoms with van der Waals surface area (Å²) in [7, 11) is 0. The van der Waals surface area contributed by atoms with Gasteiger partial charge in [0.1, 0.15) is 0 Å². The summed E-state index contributed by atoms with van der Waals surface area (Å²) in [6.07, 6.45) is 3.41. The first-order valence-corrected chi connectivity index (χ1v) is 11.7. The van der Waals surface area contributed by atoms with Gasteiger partial charge >= 0.3 is 5.97 Å². The number of hydrogen-bond acceptors (Lipinski definition) is 8. The number of esters is 1. The summed E-state index contributed by atoms with van der Waals surface area (Å²) >= 11 is 0. The van der Waals surface area contributed by atoms with E-state index in [4.69, 9.17) is 21.3 Å². The van der Waals surface area contributed by atoms with Crippen molar-refractivity contribution in [1.82, 2.24) is 0 Å². The summed E-state index contributed by atoms with van der Waals surface area (Å²) in [6, 6.07) is 14.0. The van der Waals surface area contributed by atoms with Crippen molar-refractivity contribution < 1.29 is 9.53 Å². The van der Waals surface area contributed by atoms with Crippen LogP contribution in [0.1, 0.15) is 36.0 Å². The zero-order valence-electron chi connectivity index (χ0n) is 20.4. The van der Waals surface area contributed by atoms with Crippen LogP contribution in [0.25, 0.3) is 31.3 Å². The fourth-order valence-electron chi connectivity index (χ4n) is 3.23. The van der Waals surface area contributed by atoms with Crippen LogP contribution in [0.3, 0.4) is 0 Å². The number of azo groups is 1. The molecular formula is C23H28N12O2. The predicted octanol–water partition coefficient (Wildman–Crippen LogP) is 7.56. The van der Waals surface area contributed by atoms with Crippen molar-refractivity contribution in [2.45, 2.75) is 25.7 Å². The molecule has 0 aliphatic heterocycles. The van der Waals surface area contributed by atoms with Gasteiger partial charge in [-0.3, -0.25) is 0 Å². The summed E-state index contributed by atoms with van der Waals surface area (Å²) < 4.78 is 5.29. The van der Waals surface area contributed by atoms with E-state index in [0.29, 0.717) is 43.2 Å². The molecule has 14 heteroatoms. The summed E-state index contributed by atoms with van der Waals surface area (Å²) in [5.41, 5.74) is 27.7. The molecule has 0 bridgehead atoms. The van der Waals surface area contributed by atoms with Gasteiger partial charge in [0.25, 0.3) is 0 Å². The van der Waals surface area contributed by atoms with Gasteiger partial charge in [0, 0.05) is 53.1 Å². The van der Waals surface area contributed by atoms with Gasteiger partial charge in [-0.1, -0.05) is 28.2 Å². The van der Waals surface area contributed by atoms with Crippen LogP contribution in [-0.4, -0.2) is 45.3 Å². The van der Waals surface area contributed by atoms with Crippen molar-refractivity contribution in [3.05, 3.63) is 85.4 Å². The first-order valence-electron chi connectivity index (χ1n) is 11.7. The standard InChI is InChI=1S/C23H28N12O2/c24-32-27-13-3-1-2-4-18-37-23(36)19-5-7-20(8-6-19)30-31-21-9-11-22(12-10-21)35(16-14-28-33-25)17-15-29-34-26/h5-12H,1-4,13-18H2. The molecule has 2 aromatic carbocycles. The van der Waals surface area contributed by atoms with Gasteiger partial charge in [0.05, 0.1) is 23.5 Å². The van der Waals surface area contributed by atoms with E-state index in [0.717, 1.165) is 31.4 Å². The smallest absolute Gasteiger partial charge is 0.338 e. The van der Waals surface area contributed by atoms with Crippen molar-refractivity contribution in [3.63, 3.8) is 0 Å². The van der Waals surface area contributed by atoms with Crippen LogP contribution < -0.4 is 4.90 Å². The maximum Gasteiger partial charge on any atom is 0.338 e. The molecule has 0 aliphatic carbocycles. The second-order valence-electron chi connectivity index (χ2n) is 7.66. The minimum Gasteiger partial charge on any atom is -0.462 e. The SMILES string of the molecule is [N-]=[N+]=NCCCCCCOC(=O)c1ccc(N=Nc2ccc(N(CCN=[N+]=[N-])CCN=[N+]=[N-])cc2)cc1. The van der Waals surface area contributed by atoms with E-state index >= 15 is 0 Å². The lowest BCUT2D eigenvalue weighted by molar-refractivity contribution is 0.0498. The summed E-state index contributed by atoms with van der Waals surface area (Å²) in [6.45, 7) is 2.38. The number of rotatable bonds is 17. The first kappa shape index (κ1) is 28.5. The minimum atomic E-state index is -0.390. The second kappa shape index (κ2) is 17.6. The number of nitrogens with zero attached hydrogens (tertiary/aromatic N) is 12. The number of unbranched alkanes of at least 4 members (excludes halogenated alkanes) is 3. The van der Waals surface area contributed by atoms with E-state index < -0.39 is 5.97 Å². The van der Waals surface area contributed by atoms with Crippen LogP contribution >= 0.6 is 0 Å². The molecule has 0 aliphatic rings. The molecule has 2 rings (SSSR count). The maximum absolute atomic E-state index is 12.2. The molecule has 0 amide bonds.